The summed E-state index contributed by atoms with van der Waals surface area (Å²) < 4.78 is 5.27. The van der Waals surface area contributed by atoms with Gasteiger partial charge in [-0.2, -0.15) is 0 Å². The number of hydrogen-bond donors (Lipinski definition) is 1. The van der Waals surface area contributed by atoms with Gasteiger partial charge in [-0.3, -0.25) is 4.90 Å². The molecule has 1 aromatic carbocycles. The van der Waals surface area contributed by atoms with Gasteiger partial charge in [-0.1, -0.05) is 18.2 Å². The second-order valence-electron chi connectivity index (χ2n) is 4.90. The molecule has 1 unspecified atom stereocenters. The predicted molar refractivity (Wildman–Crippen MR) is 71.2 cm³/mol. The van der Waals surface area contributed by atoms with Gasteiger partial charge in [-0.15, -0.1) is 0 Å². The van der Waals surface area contributed by atoms with Gasteiger partial charge in [0.05, 0.1) is 25.0 Å². The number of aliphatic hydroxyl groups excluding tert-OH is 1. The van der Waals surface area contributed by atoms with Gasteiger partial charge in [0, 0.05) is 25.2 Å². The van der Waals surface area contributed by atoms with E-state index >= 15 is 0 Å². The molecular formula is C14H18N2O3. The zero-order valence-corrected chi connectivity index (χ0v) is 10.8. The molecule has 5 heteroatoms. The van der Waals surface area contributed by atoms with E-state index in [1.165, 1.54) is 0 Å². The number of carbonyl (C=O) groups excluding carboxylic acids is 1. The van der Waals surface area contributed by atoms with E-state index in [9.17, 15) is 9.90 Å². The molecule has 3 rings (SSSR count). The van der Waals surface area contributed by atoms with Crippen LogP contribution < -0.4 is 4.90 Å². The molecule has 0 aromatic heterocycles. The molecule has 0 saturated carbocycles. The van der Waals surface area contributed by atoms with Crippen LogP contribution in [0, 0.1) is 0 Å². The third-order valence-electron chi connectivity index (χ3n) is 3.73. The zero-order chi connectivity index (χ0) is 13.2. The number of urea groups is 1. The number of morpholine rings is 1. The average molecular weight is 262 g/mol. The van der Waals surface area contributed by atoms with Crippen LogP contribution in [0.2, 0.25) is 0 Å². The van der Waals surface area contributed by atoms with Gasteiger partial charge in [-0.05, 0) is 12.5 Å². The summed E-state index contributed by atoms with van der Waals surface area (Å²) in [5.74, 6) is 0. The Morgan fingerprint density at radius 3 is 2.74 bits per heavy atom. The summed E-state index contributed by atoms with van der Waals surface area (Å²) in [6, 6.07) is 7.60. The molecule has 1 fully saturated rings. The standard InChI is InChI=1S/C14H18N2O3/c17-13-5-6-16(12-4-2-1-3-11(12)13)14(18)15-7-9-19-10-8-15/h1-4,13,17H,5-10H2. The number of aliphatic hydroxyl groups is 1. The van der Waals surface area contributed by atoms with Gasteiger partial charge in [-0.25, -0.2) is 4.79 Å². The highest BCUT2D eigenvalue weighted by Crippen LogP contribution is 2.33. The maximum Gasteiger partial charge on any atom is 0.324 e. The van der Waals surface area contributed by atoms with Crippen LogP contribution in [0.5, 0.6) is 0 Å². The molecule has 1 atom stereocenters. The van der Waals surface area contributed by atoms with E-state index in [-0.39, 0.29) is 6.03 Å². The molecule has 2 aliphatic rings. The number of amides is 2. The number of rotatable bonds is 0. The summed E-state index contributed by atoms with van der Waals surface area (Å²) in [7, 11) is 0. The van der Waals surface area contributed by atoms with Crippen LogP contribution in [0.15, 0.2) is 24.3 Å². The van der Waals surface area contributed by atoms with Crippen LogP contribution in [-0.2, 0) is 4.74 Å². The van der Waals surface area contributed by atoms with Crippen LogP contribution in [0.4, 0.5) is 10.5 Å². The molecule has 1 N–H and O–H groups in total. The topological polar surface area (TPSA) is 53.0 Å². The van der Waals surface area contributed by atoms with Crippen molar-refractivity contribution < 1.29 is 14.6 Å². The lowest BCUT2D eigenvalue weighted by Crippen LogP contribution is -2.50. The van der Waals surface area contributed by atoms with Crippen molar-refractivity contribution in [3.05, 3.63) is 29.8 Å². The lowest BCUT2D eigenvalue weighted by Gasteiger charge is -2.37. The second kappa shape index (κ2) is 5.19. The SMILES string of the molecule is O=C(N1CCOCC1)N1CCC(O)c2ccccc21. The van der Waals surface area contributed by atoms with Crippen LogP contribution in [-0.4, -0.2) is 48.9 Å². The maximum absolute atomic E-state index is 12.5. The second-order valence-corrected chi connectivity index (χ2v) is 4.90. The van der Waals surface area contributed by atoms with Gasteiger partial charge in [0.15, 0.2) is 0 Å². The number of para-hydroxylation sites is 1. The Labute approximate surface area is 112 Å². The Kier molecular flexibility index (Phi) is 3.40. The minimum Gasteiger partial charge on any atom is -0.388 e. The first-order valence-electron chi connectivity index (χ1n) is 6.68. The van der Waals surface area contributed by atoms with Gasteiger partial charge in [0.25, 0.3) is 0 Å². The van der Waals surface area contributed by atoms with E-state index in [0.29, 0.717) is 39.3 Å². The number of nitrogens with zero attached hydrogens (tertiary/aromatic N) is 2. The summed E-state index contributed by atoms with van der Waals surface area (Å²) in [5.41, 5.74) is 1.67. The smallest absolute Gasteiger partial charge is 0.324 e. The minimum atomic E-state index is -0.468. The molecule has 1 saturated heterocycles. The van der Waals surface area contributed by atoms with E-state index in [2.05, 4.69) is 0 Å². The summed E-state index contributed by atoms with van der Waals surface area (Å²) in [5, 5.41) is 10.00. The number of benzene rings is 1. The first-order chi connectivity index (χ1) is 9.27. The fourth-order valence-corrected chi connectivity index (χ4v) is 2.67. The normalized spacial score (nSPS) is 23.1. The quantitative estimate of drug-likeness (QED) is 0.768. The Balaban J connectivity index is 1.85. The van der Waals surface area contributed by atoms with E-state index in [1.807, 2.05) is 29.2 Å². The molecule has 0 bridgehead atoms. The molecule has 0 spiro atoms. The molecular weight excluding hydrogens is 244 g/mol. The summed E-state index contributed by atoms with van der Waals surface area (Å²) in [4.78, 5) is 16.1. The largest absolute Gasteiger partial charge is 0.388 e. The van der Waals surface area contributed by atoms with Gasteiger partial charge in [0.2, 0.25) is 0 Å². The molecule has 102 valence electrons. The van der Waals surface area contributed by atoms with Crippen molar-refractivity contribution in [1.82, 2.24) is 4.90 Å². The highest BCUT2D eigenvalue weighted by molar-refractivity contribution is 5.93. The van der Waals surface area contributed by atoms with Crippen molar-refractivity contribution in [2.24, 2.45) is 0 Å². The first-order valence-corrected chi connectivity index (χ1v) is 6.68. The van der Waals surface area contributed by atoms with Crippen molar-refractivity contribution in [2.45, 2.75) is 12.5 Å². The Bertz CT molecular complexity index is 472. The lowest BCUT2D eigenvalue weighted by atomic mass is 9.99. The van der Waals surface area contributed by atoms with Gasteiger partial charge >= 0.3 is 6.03 Å². The van der Waals surface area contributed by atoms with Crippen LogP contribution >= 0.6 is 0 Å². The molecule has 2 amide bonds. The third kappa shape index (κ3) is 2.31. The summed E-state index contributed by atoms with van der Waals surface area (Å²) >= 11 is 0. The Morgan fingerprint density at radius 1 is 1.21 bits per heavy atom. The van der Waals surface area contributed by atoms with Crippen molar-refractivity contribution in [3.8, 4) is 0 Å². The highest BCUT2D eigenvalue weighted by atomic mass is 16.5. The molecule has 1 aromatic rings. The predicted octanol–water partition coefficient (Wildman–Crippen LogP) is 1.38. The number of ether oxygens (including phenoxy) is 1. The fourth-order valence-electron chi connectivity index (χ4n) is 2.67. The third-order valence-corrected chi connectivity index (χ3v) is 3.73. The lowest BCUT2D eigenvalue weighted by molar-refractivity contribution is 0.0544. The number of carbonyl (C=O) groups is 1. The summed E-state index contributed by atoms with van der Waals surface area (Å²) in [6.45, 7) is 3.04. The first kappa shape index (κ1) is 12.4. The van der Waals surface area contributed by atoms with Crippen molar-refractivity contribution in [3.63, 3.8) is 0 Å². The van der Waals surface area contributed by atoms with Gasteiger partial charge < -0.3 is 14.7 Å². The Hall–Kier alpha value is -1.59. The molecule has 19 heavy (non-hydrogen) atoms. The van der Waals surface area contributed by atoms with Gasteiger partial charge in [0.1, 0.15) is 0 Å². The van der Waals surface area contributed by atoms with Crippen LogP contribution in [0.3, 0.4) is 0 Å². The fraction of sp³-hybridized carbons (Fsp3) is 0.500. The van der Waals surface area contributed by atoms with E-state index in [4.69, 9.17) is 4.74 Å². The molecule has 2 heterocycles. The van der Waals surface area contributed by atoms with E-state index in [0.717, 1.165) is 11.3 Å². The zero-order valence-electron chi connectivity index (χ0n) is 10.8. The molecule has 2 aliphatic heterocycles. The molecule has 0 radical (unpaired) electrons. The average Bonchev–Trinajstić information content (AvgIpc) is 2.48. The minimum absolute atomic E-state index is 0.0163. The number of hydrogen-bond acceptors (Lipinski definition) is 3. The molecule has 5 nitrogen and oxygen atoms in total. The van der Waals surface area contributed by atoms with Crippen LogP contribution in [0.25, 0.3) is 0 Å². The van der Waals surface area contributed by atoms with Crippen molar-refractivity contribution in [2.75, 3.05) is 37.7 Å². The van der Waals surface area contributed by atoms with Crippen molar-refractivity contribution >= 4 is 11.7 Å². The van der Waals surface area contributed by atoms with Crippen molar-refractivity contribution in [1.29, 1.82) is 0 Å². The van der Waals surface area contributed by atoms with E-state index in [1.54, 1.807) is 4.90 Å². The van der Waals surface area contributed by atoms with E-state index < -0.39 is 6.10 Å². The maximum atomic E-state index is 12.5. The summed E-state index contributed by atoms with van der Waals surface area (Å²) in [6.07, 6.45) is 0.123. The van der Waals surface area contributed by atoms with Crippen LogP contribution in [0.1, 0.15) is 18.1 Å². The number of fused-ring (bicyclic) bond motifs is 1. The molecule has 0 aliphatic carbocycles. The highest BCUT2D eigenvalue weighted by Gasteiger charge is 2.30. The Morgan fingerprint density at radius 2 is 1.95 bits per heavy atom. The number of anilines is 1. The monoisotopic (exact) mass is 262 g/mol.